The van der Waals surface area contributed by atoms with Gasteiger partial charge in [0.1, 0.15) is 0 Å². The van der Waals surface area contributed by atoms with Gasteiger partial charge in [-0.25, -0.2) is 0 Å². The molecule has 0 amide bonds. The number of hydrogen-bond acceptors (Lipinski definition) is 3. The van der Waals surface area contributed by atoms with Gasteiger partial charge in [-0.15, -0.1) is 0 Å². The third-order valence-electron chi connectivity index (χ3n) is 3.44. The molecule has 4 nitrogen and oxygen atoms in total. The lowest BCUT2D eigenvalue weighted by Gasteiger charge is -2.12. The first-order valence-corrected chi connectivity index (χ1v) is 7.42. The standard InChI is InChI=1S/C16H17BrN2O2/c1-10-6-13(4-5-14(10)17)9-18-15-7-12(3)16(19(20)21)8-11(15)2/h4-8,18H,9H2,1-3H3. The van der Waals surface area contributed by atoms with Crippen LogP contribution in [0.25, 0.3) is 0 Å². The van der Waals surface area contributed by atoms with Crippen LogP contribution < -0.4 is 5.32 Å². The molecule has 110 valence electrons. The van der Waals surface area contributed by atoms with Crippen LogP contribution >= 0.6 is 15.9 Å². The zero-order chi connectivity index (χ0) is 15.6. The van der Waals surface area contributed by atoms with Crippen molar-refractivity contribution in [3.63, 3.8) is 0 Å². The third-order valence-corrected chi connectivity index (χ3v) is 4.33. The Morgan fingerprint density at radius 1 is 1.10 bits per heavy atom. The summed E-state index contributed by atoms with van der Waals surface area (Å²) in [7, 11) is 0. The van der Waals surface area contributed by atoms with Crippen molar-refractivity contribution in [3.05, 3.63) is 67.2 Å². The Labute approximate surface area is 132 Å². The Hall–Kier alpha value is -1.88. The molecule has 0 aliphatic carbocycles. The van der Waals surface area contributed by atoms with Crippen LogP contribution in [0.5, 0.6) is 0 Å². The van der Waals surface area contributed by atoms with E-state index < -0.39 is 0 Å². The lowest BCUT2D eigenvalue weighted by Crippen LogP contribution is -2.03. The zero-order valence-corrected chi connectivity index (χ0v) is 13.8. The Kier molecular flexibility index (Phi) is 4.63. The first-order valence-electron chi connectivity index (χ1n) is 6.63. The summed E-state index contributed by atoms with van der Waals surface area (Å²) in [6.07, 6.45) is 0. The Morgan fingerprint density at radius 3 is 2.43 bits per heavy atom. The number of nitro benzene ring substituents is 1. The minimum atomic E-state index is -0.343. The number of benzene rings is 2. The van der Waals surface area contributed by atoms with Crippen LogP contribution in [0.3, 0.4) is 0 Å². The number of aryl methyl sites for hydroxylation is 3. The highest BCUT2D eigenvalue weighted by molar-refractivity contribution is 9.10. The highest BCUT2D eigenvalue weighted by Gasteiger charge is 2.13. The van der Waals surface area contributed by atoms with Gasteiger partial charge in [0, 0.05) is 28.3 Å². The normalized spacial score (nSPS) is 10.5. The van der Waals surface area contributed by atoms with Crippen LogP contribution in [-0.2, 0) is 6.54 Å². The van der Waals surface area contributed by atoms with Crippen LogP contribution in [0.4, 0.5) is 11.4 Å². The number of nitro groups is 1. The van der Waals surface area contributed by atoms with E-state index in [0.29, 0.717) is 12.1 Å². The van der Waals surface area contributed by atoms with E-state index in [1.807, 2.05) is 19.1 Å². The molecule has 0 saturated carbocycles. The number of rotatable bonds is 4. The molecule has 2 rings (SSSR count). The van der Waals surface area contributed by atoms with E-state index in [1.165, 1.54) is 11.1 Å². The zero-order valence-electron chi connectivity index (χ0n) is 12.2. The van der Waals surface area contributed by atoms with Gasteiger partial charge in [-0.05, 0) is 49.6 Å². The maximum Gasteiger partial charge on any atom is 0.272 e. The van der Waals surface area contributed by atoms with Crippen LogP contribution in [0, 0.1) is 30.9 Å². The van der Waals surface area contributed by atoms with Crippen molar-refractivity contribution < 1.29 is 4.92 Å². The minimum Gasteiger partial charge on any atom is -0.381 e. The number of halogens is 1. The van der Waals surface area contributed by atoms with Gasteiger partial charge in [0.15, 0.2) is 0 Å². The highest BCUT2D eigenvalue weighted by atomic mass is 79.9. The van der Waals surface area contributed by atoms with Gasteiger partial charge in [0.25, 0.3) is 5.69 Å². The third kappa shape index (κ3) is 3.61. The molecule has 1 N–H and O–H groups in total. The largest absolute Gasteiger partial charge is 0.381 e. The number of anilines is 1. The smallest absolute Gasteiger partial charge is 0.272 e. The van der Waals surface area contributed by atoms with Gasteiger partial charge in [0.2, 0.25) is 0 Å². The average molecular weight is 349 g/mol. The maximum absolute atomic E-state index is 10.9. The molecule has 0 aromatic heterocycles. The van der Waals surface area contributed by atoms with E-state index in [9.17, 15) is 10.1 Å². The Balaban J connectivity index is 2.18. The quantitative estimate of drug-likeness (QED) is 0.631. The van der Waals surface area contributed by atoms with Crippen molar-refractivity contribution >= 4 is 27.3 Å². The van der Waals surface area contributed by atoms with Crippen molar-refractivity contribution in [2.24, 2.45) is 0 Å². The minimum absolute atomic E-state index is 0.164. The van der Waals surface area contributed by atoms with Gasteiger partial charge in [-0.2, -0.15) is 0 Å². The monoisotopic (exact) mass is 348 g/mol. The lowest BCUT2D eigenvalue weighted by molar-refractivity contribution is -0.385. The molecule has 21 heavy (non-hydrogen) atoms. The molecule has 0 bridgehead atoms. The number of nitrogens with zero attached hydrogens (tertiary/aromatic N) is 1. The molecule has 0 atom stereocenters. The SMILES string of the molecule is Cc1cc(CNc2cc(C)c([N+](=O)[O-])cc2C)ccc1Br. The summed E-state index contributed by atoms with van der Waals surface area (Å²) in [6, 6.07) is 9.65. The molecule has 0 spiro atoms. The molecule has 2 aromatic carbocycles. The second-order valence-electron chi connectivity index (χ2n) is 5.15. The van der Waals surface area contributed by atoms with Crippen molar-refractivity contribution in [3.8, 4) is 0 Å². The van der Waals surface area contributed by atoms with Crippen LogP contribution in [0.15, 0.2) is 34.8 Å². The fourth-order valence-electron chi connectivity index (χ4n) is 2.20. The predicted octanol–water partition coefficient (Wildman–Crippen LogP) is 4.89. The van der Waals surface area contributed by atoms with Gasteiger partial charge >= 0.3 is 0 Å². The average Bonchev–Trinajstić information content (AvgIpc) is 2.42. The summed E-state index contributed by atoms with van der Waals surface area (Å²) in [5.41, 5.74) is 4.99. The van der Waals surface area contributed by atoms with E-state index in [0.717, 1.165) is 15.7 Å². The molecule has 0 heterocycles. The van der Waals surface area contributed by atoms with E-state index >= 15 is 0 Å². The summed E-state index contributed by atoms with van der Waals surface area (Å²) in [5, 5.41) is 14.3. The van der Waals surface area contributed by atoms with E-state index in [1.54, 1.807) is 13.0 Å². The number of nitrogens with one attached hydrogen (secondary N) is 1. The molecule has 0 fully saturated rings. The van der Waals surface area contributed by atoms with Crippen molar-refractivity contribution in [2.75, 3.05) is 5.32 Å². The highest BCUT2D eigenvalue weighted by Crippen LogP contribution is 2.26. The van der Waals surface area contributed by atoms with Gasteiger partial charge in [-0.3, -0.25) is 10.1 Å². The van der Waals surface area contributed by atoms with Crippen molar-refractivity contribution in [1.82, 2.24) is 0 Å². The van der Waals surface area contributed by atoms with Crippen molar-refractivity contribution in [2.45, 2.75) is 27.3 Å². The van der Waals surface area contributed by atoms with Gasteiger partial charge < -0.3 is 5.32 Å². The van der Waals surface area contributed by atoms with Crippen LogP contribution in [0.2, 0.25) is 0 Å². The summed E-state index contributed by atoms with van der Waals surface area (Å²) < 4.78 is 1.09. The van der Waals surface area contributed by atoms with Gasteiger partial charge in [-0.1, -0.05) is 28.1 Å². The summed E-state index contributed by atoms with van der Waals surface area (Å²) in [6.45, 7) is 6.37. The summed E-state index contributed by atoms with van der Waals surface area (Å²) in [4.78, 5) is 10.6. The maximum atomic E-state index is 10.9. The molecule has 0 saturated heterocycles. The van der Waals surface area contributed by atoms with Gasteiger partial charge in [0.05, 0.1) is 4.92 Å². The molecule has 5 heteroatoms. The lowest BCUT2D eigenvalue weighted by atomic mass is 10.1. The van der Waals surface area contributed by atoms with Crippen molar-refractivity contribution in [1.29, 1.82) is 0 Å². The Bertz CT molecular complexity index is 699. The summed E-state index contributed by atoms with van der Waals surface area (Å²) >= 11 is 3.48. The number of hydrogen-bond donors (Lipinski definition) is 1. The van der Waals surface area contributed by atoms with E-state index in [2.05, 4.69) is 40.3 Å². The van der Waals surface area contributed by atoms with Crippen LogP contribution in [0.1, 0.15) is 22.3 Å². The first kappa shape index (κ1) is 15.5. The molecule has 2 aromatic rings. The fraction of sp³-hybridized carbons (Fsp3) is 0.250. The second-order valence-corrected chi connectivity index (χ2v) is 6.00. The molecular weight excluding hydrogens is 332 g/mol. The molecular formula is C16H17BrN2O2. The molecule has 0 radical (unpaired) electrons. The van der Waals surface area contributed by atoms with E-state index in [4.69, 9.17) is 0 Å². The predicted molar refractivity (Wildman–Crippen MR) is 88.8 cm³/mol. The molecule has 0 unspecified atom stereocenters. The second kappa shape index (κ2) is 6.26. The van der Waals surface area contributed by atoms with Crippen LogP contribution in [-0.4, -0.2) is 4.92 Å². The topological polar surface area (TPSA) is 55.2 Å². The van der Waals surface area contributed by atoms with E-state index in [-0.39, 0.29) is 10.6 Å². The Morgan fingerprint density at radius 2 is 1.81 bits per heavy atom. The summed E-state index contributed by atoms with van der Waals surface area (Å²) in [5.74, 6) is 0. The fourth-order valence-corrected chi connectivity index (χ4v) is 2.45. The first-order chi connectivity index (χ1) is 9.88. The molecule has 0 aliphatic rings. The molecule has 0 aliphatic heterocycles.